The van der Waals surface area contributed by atoms with Crippen LogP contribution in [0, 0.1) is 11.8 Å². The fraction of sp³-hybridized carbons (Fsp3) is 0.900. The summed E-state index contributed by atoms with van der Waals surface area (Å²) in [7, 11) is 0. The molecule has 4 nitrogen and oxygen atoms in total. The molecular weight excluding hydrogens is 178 g/mol. The van der Waals surface area contributed by atoms with Crippen LogP contribution in [0.25, 0.3) is 0 Å². The van der Waals surface area contributed by atoms with E-state index in [-0.39, 0.29) is 0 Å². The van der Waals surface area contributed by atoms with Gasteiger partial charge in [-0.3, -0.25) is 4.79 Å². The summed E-state index contributed by atoms with van der Waals surface area (Å²) >= 11 is 0. The van der Waals surface area contributed by atoms with Gasteiger partial charge in [0.15, 0.2) is 0 Å². The van der Waals surface area contributed by atoms with E-state index in [4.69, 9.17) is 11.5 Å². The second kappa shape index (κ2) is 3.87. The number of hydrogen-bond donors (Lipinski definition) is 2. The van der Waals surface area contributed by atoms with Crippen LogP contribution in [-0.2, 0) is 4.79 Å². The maximum Gasteiger partial charge on any atom is 0.238 e. The lowest BCUT2D eigenvalue weighted by molar-refractivity contribution is -0.123. The zero-order valence-electron chi connectivity index (χ0n) is 9.29. The van der Waals surface area contributed by atoms with Gasteiger partial charge in [-0.2, -0.15) is 0 Å². The van der Waals surface area contributed by atoms with Crippen LogP contribution in [0.5, 0.6) is 0 Å². The van der Waals surface area contributed by atoms with Crippen LogP contribution in [0.2, 0.25) is 0 Å². The Labute approximate surface area is 85.6 Å². The largest absolute Gasteiger partial charge is 0.368 e. The number of nitrogens with zero attached hydrogens (tertiary/aromatic N) is 1. The van der Waals surface area contributed by atoms with E-state index in [0.29, 0.717) is 18.4 Å². The molecule has 1 amide bonds. The Hall–Kier alpha value is -0.610. The third-order valence-electron chi connectivity index (χ3n) is 3.18. The molecule has 1 rings (SSSR count). The Bertz CT molecular complexity index is 217. The summed E-state index contributed by atoms with van der Waals surface area (Å²) in [4.78, 5) is 13.3. The smallest absolute Gasteiger partial charge is 0.238 e. The Morgan fingerprint density at radius 2 is 1.86 bits per heavy atom. The number of primary amides is 1. The maximum atomic E-state index is 11.0. The van der Waals surface area contributed by atoms with Crippen molar-refractivity contribution in [2.75, 3.05) is 19.6 Å². The van der Waals surface area contributed by atoms with Crippen LogP contribution in [0.1, 0.15) is 20.8 Å². The van der Waals surface area contributed by atoms with E-state index < -0.39 is 11.4 Å². The zero-order valence-corrected chi connectivity index (χ0v) is 9.29. The predicted octanol–water partition coefficient (Wildman–Crippen LogP) is -0.223. The summed E-state index contributed by atoms with van der Waals surface area (Å²) in [6.45, 7) is 8.74. The van der Waals surface area contributed by atoms with E-state index in [1.807, 2.05) is 0 Å². The van der Waals surface area contributed by atoms with Crippen molar-refractivity contribution < 1.29 is 4.79 Å². The molecule has 0 aromatic rings. The summed E-state index contributed by atoms with van der Waals surface area (Å²) in [6, 6.07) is 0. The molecule has 0 aromatic carbocycles. The summed E-state index contributed by atoms with van der Waals surface area (Å²) in [5.74, 6) is 0.932. The van der Waals surface area contributed by atoms with Gasteiger partial charge in [0.05, 0.1) is 0 Å². The van der Waals surface area contributed by atoms with Crippen molar-refractivity contribution in [1.82, 2.24) is 4.90 Å². The van der Waals surface area contributed by atoms with Crippen LogP contribution >= 0.6 is 0 Å². The van der Waals surface area contributed by atoms with E-state index >= 15 is 0 Å². The standard InChI is InChI=1S/C10H21N3O/c1-7-4-13(5-8(7)2)6-10(3,12)9(11)14/h7-8H,4-6,12H2,1-3H3,(H2,11,14). The van der Waals surface area contributed by atoms with Gasteiger partial charge in [-0.1, -0.05) is 13.8 Å². The second-order valence-corrected chi connectivity index (χ2v) is 4.93. The summed E-state index contributed by atoms with van der Waals surface area (Å²) in [5, 5.41) is 0. The average Bonchev–Trinajstić information content (AvgIpc) is 2.29. The zero-order chi connectivity index (χ0) is 10.9. The van der Waals surface area contributed by atoms with Crippen molar-refractivity contribution in [2.45, 2.75) is 26.3 Å². The van der Waals surface area contributed by atoms with Crippen molar-refractivity contribution in [3.05, 3.63) is 0 Å². The quantitative estimate of drug-likeness (QED) is 0.660. The Morgan fingerprint density at radius 3 is 2.21 bits per heavy atom. The number of rotatable bonds is 3. The molecule has 0 aliphatic carbocycles. The maximum absolute atomic E-state index is 11.0. The molecule has 1 aliphatic rings. The molecule has 3 unspecified atom stereocenters. The van der Waals surface area contributed by atoms with Crippen LogP contribution < -0.4 is 11.5 Å². The highest BCUT2D eigenvalue weighted by atomic mass is 16.1. The fourth-order valence-electron chi connectivity index (χ4n) is 1.92. The first kappa shape index (κ1) is 11.5. The molecule has 14 heavy (non-hydrogen) atoms. The molecule has 0 bridgehead atoms. The molecule has 1 saturated heterocycles. The first-order valence-corrected chi connectivity index (χ1v) is 5.14. The molecule has 1 heterocycles. The topological polar surface area (TPSA) is 72.3 Å². The molecule has 82 valence electrons. The van der Waals surface area contributed by atoms with Crippen molar-refractivity contribution in [2.24, 2.45) is 23.3 Å². The van der Waals surface area contributed by atoms with E-state index in [9.17, 15) is 4.79 Å². The molecular formula is C10H21N3O. The first-order valence-electron chi connectivity index (χ1n) is 5.14. The summed E-state index contributed by atoms with van der Waals surface area (Å²) in [5.41, 5.74) is 10.1. The van der Waals surface area contributed by atoms with Crippen LogP contribution in [0.3, 0.4) is 0 Å². The first-order chi connectivity index (χ1) is 6.33. The SMILES string of the molecule is CC1CN(CC(C)(N)C(N)=O)CC1C. The lowest BCUT2D eigenvalue weighted by Gasteiger charge is -2.27. The minimum atomic E-state index is -0.899. The van der Waals surface area contributed by atoms with Crippen molar-refractivity contribution in [3.8, 4) is 0 Å². The van der Waals surface area contributed by atoms with Gasteiger partial charge < -0.3 is 16.4 Å². The molecule has 1 fully saturated rings. The third kappa shape index (κ3) is 2.45. The van der Waals surface area contributed by atoms with E-state index in [1.54, 1.807) is 6.92 Å². The highest BCUT2D eigenvalue weighted by Gasteiger charge is 2.33. The summed E-state index contributed by atoms with van der Waals surface area (Å²) < 4.78 is 0. The minimum absolute atomic E-state index is 0.426. The third-order valence-corrected chi connectivity index (χ3v) is 3.18. The fourth-order valence-corrected chi connectivity index (χ4v) is 1.92. The van der Waals surface area contributed by atoms with Crippen molar-refractivity contribution >= 4 is 5.91 Å². The minimum Gasteiger partial charge on any atom is -0.368 e. The van der Waals surface area contributed by atoms with E-state index in [2.05, 4.69) is 18.7 Å². The van der Waals surface area contributed by atoms with Gasteiger partial charge in [-0.15, -0.1) is 0 Å². The lowest BCUT2D eigenvalue weighted by atomic mass is 10.0. The Morgan fingerprint density at radius 1 is 1.43 bits per heavy atom. The van der Waals surface area contributed by atoms with Gasteiger partial charge >= 0.3 is 0 Å². The highest BCUT2D eigenvalue weighted by molar-refractivity contribution is 5.84. The van der Waals surface area contributed by atoms with Gasteiger partial charge in [-0.05, 0) is 18.8 Å². The van der Waals surface area contributed by atoms with Crippen molar-refractivity contribution in [3.63, 3.8) is 0 Å². The Balaban J connectivity index is 2.50. The lowest BCUT2D eigenvalue weighted by Crippen LogP contribution is -2.56. The molecule has 0 aromatic heterocycles. The van der Waals surface area contributed by atoms with Gasteiger partial charge in [0.2, 0.25) is 5.91 Å². The molecule has 3 atom stereocenters. The van der Waals surface area contributed by atoms with Crippen LogP contribution in [0.4, 0.5) is 0 Å². The normalized spacial score (nSPS) is 32.9. The van der Waals surface area contributed by atoms with E-state index in [0.717, 1.165) is 13.1 Å². The molecule has 0 spiro atoms. The number of hydrogen-bond acceptors (Lipinski definition) is 3. The van der Waals surface area contributed by atoms with Gasteiger partial charge in [0.1, 0.15) is 5.54 Å². The Kier molecular flexibility index (Phi) is 3.17. The molecule has 4 N–H and O–H groups in total. The van der Waals surface area contributed by atoms with Gasteiger partial charge in [-0.25, -0.2) is 0 Å². The van der Waals surface area contributed by atoms with Gasteiger partial charge in [0, 0.05) is 19.6 Å². The monoisotopic (exact) mass is 199 g/mol. The van der Waals surface area contributed by atoms with Crippen LogP contribution in [0.15, 0.2) is 0 Å². The number of carbonyl (C=O) groups is 1. The number of nitrogens with two attached hydrogens (primary N) is 2. The van der Waals surface area contributed by atoms with Crippen LogP contribution in [-0.4, -0.2) is 36.0 Å². The highest BCUT2D eigenvalue weighted by Crippen LogP contribution is 2.22. The number of carbonyl (C=O) groups excluding carboxylic acids is 1. The second-order valence-electron chi connectivity index (χ2n) is 4.93. The number of likely N-dealkylation sites (tertiary alicyclic amines) is 1. The van der Waals surface area contributed by atoms with E-state index in [1.165, 1.54) is 0 Å². The molecule has 1 aliphatic heterocycles. The molecule has 4 heteroatoms. The average molecular weight is 199 g/mol. The van der Waals surface area contributed by atoms with Gasteiger partial charge in [0.25, 0.3) is 0 Å². The van der Waals surface area contributed by atoms with Crippen molar-refractivity contribution in [1.29, 1.82) is 0 Å². The number of amides is 1. The predicted molar refractivity (Wildman–Crippen MR) is 56.6 cm³/mol. The summed E-state index contributed by atoms with van der Waals surface area (Å²) in [6.07, 6.45) is 0. The molecule has 0 saturated carbocycles. The molecule has 0 radical (unpaired) electrons.